The smallest absolute Gasteiger partial charge is 0.315 e. The molecule has 0 atom stereocenters. The third-order valence-electron chi connectivity index (χ3n) is 2.85. The van der Waals surface area contributed by atoms with Crippen molar-refractivity contribution < 1.29 is 4.79 Å². The van der Waals surface area contributed by atoms with Gasteiger partial charge in [0, 0.05) is 30.4 Å². The molecule has 1 aromatic rings. The highest BCUT2D eigenvalue weighted by molar-refractivity contribution is 5.74. The van der Waals surface area contributed by atoms with Crippen LogP contribution in [0.2, 0.25) is 0 Å². The first-order valence-corrected chi connectivity index (χ1v) is 7.02. The Labute approximate surface area is 120 Å². The zero-order valence-electron chi connectivity index (χ0n) is 12.8. The molecule has 0 radical (unpaired) electrons. The standard InChI is InChI=1S/C15H25N3O2/c1-12-8-7-9-13(19)18(12)11-6-5-10-16-14(20)17-15(2,3)4/h7-9H,5-6,10-11H2,1-4H3,(H2,16,17,20). The van der Waals surface area contributed by atoms with E-state index >= 15 is 0 Å². The van der Waals surface area contributed by atoms with Crippen molar-refractivity contribution in [3.8, 4) is 0 Å². The molecule has 1 rings (SSSR count). The van der Waals surface area contributed by atoms with Crippen molar-refractivity contribution in [3.05, 3.63) is 34.2 Å². The number of aryl methyl sites for hydroxylation is 1. The van der Waals surface area contributed by atoms with E-state index in [0.717, 1.165) is 18.5 Å². The highest BCUT2D eigenvalue weighted by Gasteiger charge is 2.12. The van der Waals surface area contributed by atoms with Crippen molar-refractivity contribution in [1.82, 2.24) is 15.2 Å². The molecule has 1 aromatic heterocycles. The zero-order chi connectivity index (χ0) is 15.2. The van der Waals surface area contributed by atoms with Gasteiger partial charge in [-0.2, -0.15) is 0 Å². The van der Waals surface area contributed by atoms with E-state index in [4.69, 9.17) is 0 Å². The molecule has 0 aliphatic carbocycles. The van der Waals surface area contributed by atoms with Gasteiger partial charge in [-0.05, 0) is 46.6 Å². The SMILES string of the molecule is Cc1cccc(=O)n1CCCCNC(=O)NC(C)(C)C. The summed E-state index contributed by atoms with van der Waals surface area (Å²) in [4.78, 5) is 23.2. The summed E-state index contributed by atoms with van der Waals surface area (Å²) in [6, 6.07) is 5.12. The van der Waals surface area contributed by atoms with E-state index < -0.39 is 0 Å². The van der Waals surface area contributed by atoms with Crippen molar-refractivity contribution in [2.45, 2.75) is 52.6 Å². The van der Waals surface area contributed by atoms with E-state index in [0.29, 0.717) is 13.1 Å². The first-order valence-electron chi connectivity index (χ1n) is 7.02. The maximum absolute atomic E-state index is 11.7. The quantitative estimate of drug-likeness (QED) is 0.810. The van der Waals surface area contributed by atoms with Gasteiger partial charge in [-0.1, -0.05) is 6.07 Å². The Morgan fingerprint density at radius 3 is 2.55 bits per heavy atom. The minimum absolute atomic E-state index is 0.0310. The number of hydrogen-bond donors (Lipinski definition) is 2. The minimum Gasteiger partial charge on any atom is -0.338 e. The van der Waals surface area contributed by atoms with Gasteiger partial charge in [0.25, 0.3) is 5.56 Å². The molecule has 0 unspecified atom stereocenters. The summed E-state index contributed by atoms with van der Waals surface area (Å²) in [7, 11) is 0. The van der Waals surface area contributed by atoms with Crippen molar-refractivity contribution in [2.75, 3.05) is 6.54 Å². The molecule has 0 spiro atoms. The maximum atomic E-state index is 11.7. The van der Waals surface area contributed by atoms with Crippen molar-refractivity contribution in [1.29, 1.82) is 0 Å². The average Bonchev–Trinajstić information content (AvgIpc) is 2.29. The van der Waals surface area contributed by atoms with Gasteiger partial charge in [-0.25, -0.2) is 4.79 Å². The van der Waals surface area contributed by atoms with E-state index in [1.165, 1.54) is 0 Å². The second kappa shape index (κ2) is 7.12. The molecule has 112 valence electrons. The van der Waals surface area contributed by atoms with Gasteiger partial charge < -0.3 is 15.2 Å². The number of unbranched alkanes of at least 4 members (excludes halogenated alkanes) is 1. The largest absolute Gasteiger partial charge is 0.338 e. The van der Waals surface area contributed by atoms with Crippen molar-refractivity contribution in [2.24, 2.45) is 0 Å². The number of rotatable bonds is 5. The number of amides is 2. The van der Waals surface area contributed by atoms with E-state index in [-0.39, 0.29) is 17.1 Å². The fourth-order valence-corrected chi connectivity index (χ4v) is 1.89. The molecule has 2 amide bonds. The van der Waals surface area contributed by atoms with Crippen molar-refractivity contribution in [3.63, 3.8) is 0 Å². The summed E-state index contributed by atoms with van der Waals surface area (Å²) < 4.78 is 1.76. The second-order valence-electron chi connectivity index (χ2n) is 6.00. The zero-order valence-corrected chi connectivity index (χ0v) is 12.8. The van der Waals surface area contributed by atoms with E-state index in [9.17, 15) is 9.59 Å². The lowest BCUT2D eigenvalue weighted by Gasteiger charge is -2.20. The van der Waals surface area contributed by atoms with Gasteiger partial charge in [-0.15, -0.1) is 0 Å². The number of nitrogens with one attached hydrogen (secondary N) is 2. The second-order valence-corrected chi connectivity index (χ2v) is 6.00. The number of urea groups is 1. The van der Waals surface area contributed by atoms with E-state index in [1.54, 1.807) is 16.7 Å². The van der Waals surface area contributed by atoms with Crippen LogP contribution in [-0.4, -0.2) is 22.7 Å². The van der Waals surface area contributed by atoms with Crippen LogP contribution in [0.15, 0.2) is 23.0 Å². The van der Waals surface area contributed by atoms with Gasteiger partial charge in [0.1, 0.15) is 0 Å². The fraction of sp³-hybridized carbons (Fsp3) is 0.600. The van der Waals surface area contributed by atoms with Crippen LogP contribution in [0.4, 0.5) is 4.79 Å². The number of nitrogens with zero attached hydrogens (tertiary/aromatic N) is 1. The number of hydrogen-bond acceptors (Lipinski definition) is 2. The Bertz CT molecular complexity index is 501. The van der Waals surface area contributed by atoms with Crippen LogP contribution in [-0.2, 0) is 6.54 Å². The lowest BCUT2D eigenvalue weighted by Crippen LogP contribution is -2.46. The van der Waals surface area contributed by atoms with Gasteiger partial charge in [0.15, 0.2) is 0 Å². The van der Waals surface area contributed by atoms with Crippen LogP contribution < -0.4 is 16.2 Å². The normalized spacial score (nSPS) is 11.2. The summed E-state index contributed by atoms with van der Waals surface area (Å²) >= 11 is 0. The Kier molecular flexibility index (Phi) is 5.80. The Morgan fingerprint density at radius 1 is 1.25 bits per heavy atom. The average molecular weight is 279 g/mol. The summed E-state index contributed by atoms with van der Waals surface area (Å²) in [6.07, 6.45) is 1.71. The number of pyridine rings is 1. The van der Waals surface area contributed by atoms with Gasteiger partial charge in [-0.3, -0.25) is 4.79 Å². The molecule has 5 heteroatoms. The highest BCUT2D eigenvalue weighted by Crippen LogP contribution is 1.99. The van der Waals surface area contributed by atoms with E-state index in [2.05, 4.69) is 10.6 Å². The molecule has 0 aromatic carbocycles. The molecule has 1 heterocycles. The van der Waals surface area contributed by atoms with Crippen molar-refractivity contribution >= 4 is 6.03 Å². The molecule has 5 nitrogen and oxygen atoms in total. The predicted octanol–water partition coefficient (Wildman–Crippen LogP) is 2.03. The van der Waals surface area contributed by atoms with Gasteiger partial charge >= 0.3 is 6.03 Å². The van der Waals surface area contributed by atoms with Crippen LogP contribution in [0, 0.1) is 6.92 Å². The molecule has 0 saturated heterocycles. The van der Waals surface area contributed by atoms with Crippen LogP contribution in [0.25, 0.3) is 0 Å². The molecule has 0 fully saturated rings. The first-order chi connectivity index (χ1) is 9.29. The lowest BCUT2D eigenvalue weighted by molar-refractivity contribution is 0.232. The number of carbonyl (C=O) groups is 1. The Balaban J connectivity index is 2.26. The molecule has 0 bridgehead atoms. The van der Waals surface area contributed by atoms with Gasteiger partial charge in [0.2, 0.25) is 0 Å². The summed E-state index contributed by atoms with van der Waals surface area (Å²) in [5.41, 5.74) is 0.776. The summed E-state index contributed by atoms with van der Waals surface area (Å²) in [5, 5.41) is 5.66. The molecule has 2 N–H and O–H groups in total. The topological polar surface area (TPSA) is 63.1 Å². The Hall–Kier alpha value is -1.78. The summed E-state index contributed by atoms with van der Waals surface area (Å²) in [5.74, 6) is 0. The molecule has 0 saturated carbocycles. The molecule has 0 aliphatic heterocycles. The van der Waals surface area contributed by atoms with Crippen LogP contribution in [0.3, 0.4) is 0 Å². The molecule has 0 aliphatic rings. The summed E-state index contributed by atoms with van der Waals surface area (Å²) in [6.45, 7) is 9.05. The third-order valence-corrected chi connectivity index (χ3v) is 2.85. The monoisotopic (exact) mass is 279 g/mol. The van der Waals surface area contributed by atoms with Crippen LogP contribution in [0.1, 0.15) is 39.3 Å². The van der Waals surface area contributed by atoms with E-state index in [1.807, 2.05) is 33.8 Å². The van der Waals surface area contributed by atoms with Gasteiger partial charge in [0.05, 0.1) is 0 Å². The predicted molar refractivity (Wildman–Crippen MR) is 81.0 cm³/mol. The maximum Gasteiger partial charge on any atom is 0.315 e. The molecular weight excluding hydrogens is 254 g/mol. The lowest BCUT2D eigenvalue weighted by atomic mass is 10.1. The highest BCUT2D eigenvalue weighted by atomic mass is 16.2. The number of aromatic nitrogens is 1. The third kappa shape index (κ3) is 5.91. The molecular formula is C15H25N3O2. The number of carbonyl (C=O) groups excluding carboxylic acids is 1. The first kappa shape index (κ1) is 16.3. The van der Waals surface area contributed by atoms with Crippen LogP contribution in [0.5, 0.6) is 0 Å². The van der Waals surface area contributed by atoms with Crippen LogP contribution >= 0.6 is 0 Å². The molecule has 20 heavy (non-hydrogen) atoms. The minimum atomic E-state index is -0.224. The Morgan fingerprint density at radius 2 is 1.95 bits per heavy atom. The fourth-order valence-electron chi connectivity index (χ4n) is 1.89.